The summed E-state index contributed by atoms with van der Waals surface area (Å²) < 4.78 is 0. The van der Waals surface area contributed by atoms with Gasteiger partial charge in [-0.1, -0.05) is 0 Å². The molecule has 0 radical (unpaired) electrons. The van der Waals surface area contributed by atoms with E-state index < -0.39 is 0 Å². The van der Waals surface area contributed by atoms with Crippen molar-refractivity contribution in [2.24, 2.45) is 0 Å². The van der Waals surface area contributed by atoms with Crippen LogP contribution < -0.4 is 10.6 Å². The van der Waals surface area contributed by atoms with Crippen LogP contribution in [0.4, 0.5) is 11.4 Å². The van der Waals surface area contributed by atoms with Crippen molar-refractivity contribution in [3.8, 4) is 0 Å². The molecule has 168 valence electrons. The molecule has 1 aromatic heterocycles. The zero-order valence-corrected chi connectivity index (χ0v) is 18.4. The van der Waals surface area contributed by atoms with Gasteiger partial charge in [0.15, 0.2) is 11.6 Å². The third-order valence-corrected chi connectivity index (χ3v) is 6.76. The molecule has 0 spiro atoms. The first-order chi connectivity index (χ1) is 15.7. The largest absolute Gasteiger partial charge is 0.383 e. The second-order valence-corrected chi connectivity index (χ2v) is 8.84. The molecule has 2 fully saturated rings. The Morgan fingerprint density at radius 3 is 1.50 bits per heavy atom. The van der Waals surface area contributed by atoms with Crippen LogP contribution in [0.2, 0.25) is 0 Å². The third kappa shape index (κ3) is 4.12. The van der Waals surface area contributed by atoms with Crippen LogP contribution >= 0.6 is 0 Å². The average molecular weight is 435 g/mol. The Morgan fingerprint density at radius 2 is 1.09 bits per heavy atom. The number of benzene rings is 1. The van der Waals surface area contributed by atoms with Crippen LogP contribution in [0.3, 0.4) is 0 Å². The SMILES string of the molecule is O=C1c2cnncc2C(=O)c2c(NCCN3CCCC3)ccc(NCCN3CCCC3)c21. The predicted octanol–water partition coefficient (Wildman–Crippen LogP) is 2.27. The Bertz CT molecular complexity index is 932. The minimum Gasteiger partial charge on any atom is -0.383 e. The number of ketones is 2. The fourth-order valence-corrected chi connectivity index (χ4v) is 5.03. The normalized spacial score (nSPS) is 18.6. The number of nitrogens with one attached hydrogen (secondary N) is 2. The lowest BCUT2D eigenvalue weighted by atomic mass is 9.83. The van der Waals surface area contributed by atoms with Gasteiger partial charge in [-0.25, -0.2) is 0 Å². The molecule has 5 rings (SSSR count). The van der Waals surface area contributed by atoms with Gasteiger partial charge in [0.25, 0.3) is 0 Å². The highest BCUT2D eigenvalue weighted by Gasteiger charge is 2.34. The molecule has 1 aromatic carbocycles. The number of carbonyl (C=O) groups is 2. The summed E-state index contributed by atoms with van der Waals surface area (Å²) >= 11 is 0. The van der Waals surface area contributed by atoms with Gasteiger partial charge in [0.2, 0.25) is 0 Å². The maximum Gasteiger partial charge on any atom is 0.198 e. The lowest BCUT2D eigenvalue weighted by Gasteiger charge is -2.24. The minimum atomic E-state index is -0.170. The Balaban J connectivity index is 1.41. The maximum atomic E-state index is 13.4. The Labute approximate surface area is 188 Å². The topological polar surface area (TPSA) is 90.5 Å². The molecule has 2 N–H and O–H groups in total. The van der Waals surface area contributed by atoms with Crippen LogP contribution in [-0.2, 0) is 0 Å². The number of rotatable bonds is 8. The van der Waals surface area contributed by atoms with E-state index in [4.69, 9.17) is 0 Å². The number of hydrogen-bond acceptors (Lipinski definition) is 8. The minimum absolute atomic E-state index is 0.170. The van der Waals surface area contributed by atoms with Crippen molar-refractivity contribution in [2.45, 2.75) is 25.7 Å². The molecule has 32 heavy (non-hydrogen) atoms. The van der Waals surface area contributed by atoms with Gasteiger partial charge >= 0.3 is 0 Å². The summed E-state index contributed by atoms with van der Waals surface area (Å²) in [6.07, 6.45) is 7.80. The van der Waals surface area contributed by atoms with Gasteiger partial charge in [0.1, 0.15) is 0 Å². The van der Waals surface area contributed by atoms with E-state index in [2.05, 4.69) is 30.6 Å². The highest BCUT2D eigenvalue weighted by molar-refractivity contribution is 6.31. The molecule has 2 saturated heterocycles. The number of hydrogen-bond donors (Lipinski definition) is 2. The quantitative estimate of drug-likeness (QED) is 0.558. The Kier molecular flexibility index (Phi) is 6.14. The fraction of sp³-hybridized carbons (Fsp3) is 0.500. The molecule has 0 saturated carbocycles. The van der Waals surface area contributed by atoms with Crippen molar-refractivity contribution in [3.05, 3.63) is 46.8 Å². The lowest BCUT2D eigenvalue weighted by Crippen LogP contribution is -2.29. The standard InChI is InChI=1S/C24H30N6O2/c31-23-17-15-27-28-16-18(17)24(32)22-20(26-8-14-30-11-3-4-12-30)6-5-19(21(22)23)25-7-13-29-9-1-2-10-29/h5-6,15-16,25-26H,1-4,7-14H2. The summed E-state index contributed by atoms with van der Waals surface area (Å²) in [6, 6.07) is 3.84. The summed E-state index contributed by atoms with van der Waals surface area (Å²) in [5.74, 6) is -0.340. The first-order valence-electron chi connectivity index (χ1n) is 11.7. The molecule has 8 heteroatoms. The first-order valence-corrected chi connectivity index (χ1v) is 11.7. The van der Waals surface area contributed by atoms with E-state index in [9.17, 15) is 9.59 Å². The number of carbonyl (C=O) groups excluding carboxylic acids is 2. The van der Waals surface area contributed by atoms with Crippen LogP contribution in [-0.4, -0.2) is 83.9 Å². The number of fused-ring (bicyclic) bond motifs is 2. The van der Waals surface area contributed by atoms with E-state index in [0.29, 0.717) is 33.6 Å². The van der Waals surface area contributed by atoms with Gasteiger partial charge < -0.3 is 20.4 Å². The molecule has 0 bridgehead atoms. The maximum absolute atomic E-state index is 13.4. The summed E-state index contributed by atoms with van der Waals surface area (Å²) in [7, 11) is 0. The highest BCUT2D eigenvalue weighted by Crippen LogP contribution is 2.36. The molecule has 0 unspecified atom stereocenters. The average Bonchev–Trinajstić information content (AvgIpc) is 3.52. The molecule has 0 amide bonds. The Morgan fingerprint density at radius 1 is 0.688 bits per heavy atom. The smallest absolute Gasteiger partial charge is 0.198 e. The molecular weight excluding hydrogens is 404 g/mol. The van der Waals surface area contributed by atoms with Crippen LogP contribution in [0.1, 0.15) is 57.5 Å². The van der Waals surface area contributed by atoms with Crippen molar-refractivity contribution in [3.63, 3.8) is 0 Å². The molecule has 2 aromatic rings. The third-order valence-electron chi connectivity index (χ3n) is 6.76. The van der Waals surface area contributed by atoms with Gasteiger partial charge in [-0.15, -0.1) is 0 Å². The molecule has 3 heterocycles. The van der Waals surface area contributed by atoms with E-state index in [1.165, 1.54) is 38.1 Å². The van der Waals surface area contributed by atoms with Crippen LogP contribution in [0.25, 0.3) is 0 Å². The second kappa shape index (κ2) is 9.34. The molecule has 0 atom stereocenters. The van der Waals surface area contributed by atoms with Crippen molar-refractivity contribution in [2.75, 3.05) is 63.0 Å². The number of nitrogens with zero attached hydrogens (tertiary/aromatic N) is 4. The van der Waals surface area contributed by atoms with Crippen LogP contribution in [0.5, 0.6) is 0 Å². The van der Waals surface area contributed by atoms with Gasteiger partial charge in [-0.3, -0.25) is 9.59 Å². The van der Waals surface area contributed by atoms with Crippen molar-refractivity contribution < 1.29 is 9.59 Å². The van der Waals surface area contributed by atoms with E-state index >= 15 is 0 Å². The molecule has 2 aliphatic heterocycles. The first kappa shape index (κ1) is 21.0. The van der Waals surface area contributed by atoms with E-state index in [-0.39, 0.29) is 11.6 Å². The van der Waals surface area contributed by atoms with Crippen molar-refractivity contribution >= 4 is 22.9 Å². The summed E-state index contributed by atoms with van der Waals surface area (Å²) in [5.41, 5.74) is 2.98. The monoisotopic (exact) mass is 434 g/mol. The van der Waals surface area contributed by atoms with Gasteiger partial charge in [-0.05, 0) is 64.0 Å². The number of likely N-dealkylation sites (tertiary alicyclic amines) is 2. The second-order valence-electron chi connectivity index (χ2n) is 8.84. The summed E-state index contributed by atoms with van der Waals surface area (Å²) in [6.45, 7) is 7.83. The molecule has 8 nitrogen and oxygen atoms in total. The van der Waals surface area contributed by atoms with Crippen molar-refractivity contribution in [1.29, 1.82) is 0 Å². The molecular formula is C24H30N6O2. The zero-order valence-electron chi connectivity index (χ0n) is 18.4. The molecule has 3 aliphatic rings. The van der Waals surface area contributed by atoms with Gasteiger partial charge in [0, 0.05) is 37.6 Å². The van der Waals surface area contributed by atoms with Gasteiger partial charge in [-0.2, -0.15) is 10.2 Å². The van der Waals surface area contributed by atoms with Crippen LogP contribution in [0, 0.1) is 0 Å². The lowest BCUT2D eigenvalue weighted by molar-refractivity contribution is 0.0979. The summed E-state index contributed by atoms with van der Waals surface area (Å²) in [5, 5.41) is 14.5. The van der Waals surface area contributed by atoms with E-state index in [0.717, 1.165) is 52.4 Å². The number of anilines is 2. The van der Waals surface area contributed by atoms with E-state index in [1.807, 2.05) is 12.1 Å². The van der Waals surface area contributed by atoms with Gasteiger partial charge in [0.05, 0.1) is 34.6 Å². The fourth-order valence-electron chi connectivity index (χ4n) is 5.03. The zero-order chi connectivity index (χ0) is 21.9. The predicted molar refractivity (Wildman–Crippen MR) is 124 cm³/mol. The van der Waals surface area contributed by atoms with Crippen molar-refractivity contribution in [1.82, 2.24) is 20.0 Å². The summed E-state index contributed by atoms with van der Waals surface area (Å²) in [4.78, 5) is 31.7. The Hall–Kier alpha value is -2.84. The number of aromatic nitrogens is 2. The van der Waals surface area contributed by atoms with Crippen LogP contribution in [0.15, 0.2) is 24.5 Å². The van der Waals surface area contributed by atoms with E-state index in [1.54, 1.807) is 0 Å². The highest BCUT2D eigenvalue weighted by atomic mass is 16.1. The molecule has 1 aliphatic carbocycles.